The predicted octanol–water partition coefficient (Wildman–Crippen LogP) is 4.79. The first kappa shape index (κ1) is 20.0. The van der Waals surface area contributed by atoms with Gasteiger partial charge in [-0.05, 0) is 41.5 Å². The number of ether oxygens (including phenoxy) is 4. The minimum absolute atomic E-state index is 0.0438. The van der Waals surface area contributed by atoms with Crippen molar-refractivity contribution >= 4 is 11.9 Å². The molecule has 4 rings (SSSR count). The van der Waals surface area contributed by atoms with Gasteiger partial charge in [0.1, 0.15) is 18.2 Å². The maximum Gasteiger partial charge on any atom is 0.231 e. The van der Waals surface area contributed by atoms with Crippen LogP contribution < -0.4 is 18.9 Å². The molecule has 0 unspecified atom stereocenters. The van der Waals surface area contributed by atoms with Crippen LogP contribution in [0.4, 0.5) is 0 Å². The van der Waals surface area contributed by atoms with Crippen molar-refractivity contribution < 1.29 is 23.7 Å². The molecule has 0 saturated heterocycles. The van der Waals surface area contributed by atoms with E-state index in [1.54, 1.807) is 48.5 Å². The number of ketones is 1. The molecular weight excluding hydrogens is 394 g/mol. The van der Waals surface area contributed by atoms with E-state index in [0.29, 0.717) is 35.0 Å². The van der Waals surface area contributed by atoms with Crippen molar-refractivity contribution in [3.8, 4) is 29.1 Å². The molecule has 0 N–H and O–H groups in total. The lowest BCUT2D eigenvalue weighted by Crippen LogP contribution is -2.01. The van der Waals surface area contributed by atoms with Gasteiger partial charge in [-0.2, -0.15) is 5.26 Å². The molecule has 0 saturated carbocycles. The lowest BCUT2D eigenvalue weighted by Gasteiger charge is -2.12. The van der Waals surface area contributed by atoms with Crippen LogP contribution in [0.2, 0.25) is 0 Å². The molecule has 0 fully saturated rings. The van der Waals surface area contributed by atoms with E-state index in [2.05, 4.69) is 0 Å². The number of nitriles is 1. The highest BCUT2D eigenvalue weighted by Crippen LogP contribution is 2.34. The topological polar surface area (TPSA) is 77.8 Å². The van der Waals surface area contributed by atoms with Gasteiger partial charge in [0, 0.05) is 5.56 Å². The van der Waals surface area contributed by atoms with Gasteiger partial charge in [-0.3, -0.25) is 4.79 Å². The minimum atomic E-state index is -0.329. The van der Waals surface area contributed by atoms with Gasteiger partial charge in [0.25, 0.3) is 0 Å². The second-order valence-electron chi connectivity index (χ2n) is 6.75. The largest absolute Gasteiger partial charge is 0.493 e. The van der Waals surface area contributed by atoms with E-state index < -0.39 is 0 Å². The lowest BCUT2D eigenvalue weighted by atomic mass is 10.0. The second-order valence-corrected chi connectivity index (χ2v) is 6.75. The number of fused-ring (bicyclic) bond motifs is 1. The minimum Gasteiger partial charge on any atom is -0.493 e. The van der Waals surface area contributed by atoms with Crippen molar-refractivity contribution in [2.45, 2.75) is 6.61 Å². The molecule has 0 amide bonds. The highest BCUT2D eigenvalue weighted by atomic mass is 16.7. The summed E-state index contributed by atoms with van der Waals surface area (Å²) in [6, 6.07) is 21.6. The molecule has 3 aromatic carbocycles. The Morgan fingerprint density at radius 1 is 1.03 bits per heavy atom. The number of hydrogen-bond acceptors (Lipinski definition) is 6. The van der Waals surface area contributed by atoms with Crippen LogP contribution in [0.25, 0.3) is 6.08 Å². The molecule has 1 aliphatic heterocycles. The number of carbonyl (C=O) groups excluding carboxylic acids is 1. The van der Waals surface area contributed by atoms with E-state index in [9.17, 15) is 10.1 Å². The van der Waals surface area contributed by atoms with Gasteiger partial charge in [0.05, 0.1) is 7.11 Å². The molecule has 1 aliphatic rings. The van der Waals surface area contributed by atoms with E-state index in [4.69, 9.17) is 18.9 Å². The summed E-state index contributed by atoms with van der Waals surface area (Å²) in [6.45, 7) is 0.540. The molecule has 0 aliphatic carbocycles. The Kier molecular flexibility index (Phi) is 5.86. The number of methoxy groups -OCH3 is 1. The highest BCUT2D eigenvalue weighted by Gasteiger charge is 2.15. The van der Waals surface area contributed by atoms with Gasteiger partial charge in [-0.1, -0.05) is 42.5 Å². The summed E-state index contributed by atoms with van der Waals surface area (Å²) in [6.07, 6.45) is 1.54. The highest BCUT2D eigenvalue weighted by molar-refractivity contribution is 6.14. The van der Waals surface area contributed by atoms with Crippen LogP contribution in [0.15, 0.2) is 72.3 Å². The molecule has 6 heteroatoms. The van der Waals surface area contributed by atoms with Crippen LogP contribution in [0.1, 0.15) is 21.5 Å². The van der Waals surface area contributed by atoms with Crippen molar-refractivity contribution in [1.29, 1.82) is 5.26 Å². The maximum absolute atomic E-state index is 12.6. The van der Waals surface area contributed by atoms with E-state index in [-0.39, 0.29) is 18.1 Å². The van der Waals surface area contributed by atoms with E-state index >= 15 is 0 Å². The predicted molar refractivity (Wildman–Crippen MR) is 114 cm³/mol. The van der Waals surface area contributed by atoms with Crippen molar-refractivity contribution in [2.24, 2.45) is 0 Å². The SMILES string of the molecule is COc1cc(/C=C(\C#N)C(=O)c2ccccc2)ccc1OCc1ccc2c(c1)OCO2. The zero-order valence-corrected chi connectivity index (χ0v) is 16.8. The average Bonchev–Trinajstić information content (AvgIpc) is 3.29. The van der Waals surface area contributed by atoms with Crippen LogP contribution in [0, 0.1) is 11.3 Å². The molecule has 3 aromatic rings. The summed E-state index contributed by atoms with van der Waals surface area (Å²) in [7, 11) is 1.54. The molecule has 0 aromatic heterocycles. The van der Waals surface area contributed by atoms with Crippen molar-refractivity contribution in [2.75, 3.05) is 13.9 Å². The fourth-order valence-corrected chi connectivity index (χ4v) is 3.15. The number of hydrogen-bond donors (Lipinski definition) is 0. The Hall–Kier alpha value is -4.24. The molecule has 0 atom stereocenters. The van der Waals surface area contributed by atoms with Crippen molar-refractivity contribution in [3.63, 3.8) is 0 Å². The molecule has 6 nitrogen and oxygen atoms in total. The Labute approximate surface area is 179 Å². The van der Waals surface area contributed by atoms with Crippen molar-refractivity contribution in [1.82, 2.24) is 0 Å². The average molecular weight is 413 g/mol. The van der Waals surface area contributed by atoms with Gasteiger partial charge < -0.3 is 18.9 Å². The third-order valence-corrected chi connectivity index (χ3v) is 4.73. The molecule has 154 valence electrons. The number of benzene rings is 3. The summed E-state index contributed by atoms with van der Waals surface area (Å²) in [4.78, 5) is 12.6. The first-order chi connectivity index (χ1) is 15.2. The normalized spacial score (nSPS) is 12.2. The van der Waals surface area contributed by atoms with Crippen molar-refractivity contribution in [3.05, 3.63) is 89.0 Å². The van der Waals surface area contributed by atoms with Gasteiger partial charge in [-0.15, -0.1) is 0 Å². The van der Waals surface area contributed by atoms with Gasteiger partial charge in [0.15, 0.2) is 23.0 Å². The number of allylic oxidation sites excluding steroid dienone is 1. The zero-order chi connectivity index (χ0) is 21.6. The standard InChI is InChI=1S/C25H19NO5/c1-28-23-12-17(11-20(14-26)25(27)19-5-3-2-4-6-19)7-9-21(23)29-15-18-8-10-22-24(13-18)31-16-30-22/h2-13H,15-16H2,1H3/b20-11+. The van der Waals surface area contributed by atoms with Crippen LogP contribution in [-0.4, -0.2) is 19.7 Å². The van der Waals surface area contributed by atoms with Crippen LogP contribution in [0.5, 0.6) is 23.0 Å². The Bertz CT molecular complexity index is 1180. The van der Waals surface area contributed by atoms with Gasteiger partial charge >= 0.3 is 0 Å². The van der Waals surface area contributed by atoms with E-state index in [1.165, 1.54) is 7.11 Å². The maximum atomic E-state index is 12.6. The lowest BCUT2D eigenvalue weighted by molar-refractivity contribution is 0.104. The van der Waals surface area contributed by atoms with E-state index in [1.807, 2.05) is 30.3 Å². The number of Topliss-reactive ketones (excluding diaryl/α,β-unsaturated/α-hetero) is 1. The molecule has 0 radical (unpaired) electrons. The summed E-state index contributed by atoms with van der Waals surface area (Å²) >= 11 is 0. The number of rotatable bonds is 7. The van der Waals surface area contributed by atoms with E-state index in [0.717, 1.165) is 11.3 Å². The Morgan fingerprint density at radius 2 is 1.84 bits per heavy atom. The number of carbonyl (C=O) groups is 1. The molecular formula is C25H19NO5. The van der Waals surface area contributed by atoms with Crippen LogP contribution in [0.3, 0.4) is 0 Å². The summed E-state index contributed by atoms with van der Waals surface area (Å²) in [5.41, 5.74) is 2.09. The zero-order valence-electron chi connectivity index (χ0n) is 16.8. The first-order valence-electron chi connectivity index (χ1n) is 9.59. The number of nitrogens with zero attached hydrogens (tertiary/aromatic N) is 1. The third kappa shape index (κ3) is 4.51. The first-order valence-corrected chi connectivity index (χ1v) is 9.59. The van der Waals surface area contributed by atoms with Crippen LogP contribution >= 0.6 is 0 Å². The summed E-state index contributed by atoms with van der Waals surface area (Å²) in [5.74, 6) is 2.13. The third-order valence-electron chi connectivity index (χ3n) is 4.73. The Morgan fingerprint density at radius 3 is 2.61 bits per heavy atom. The van der Waals surface area contributed by atoms with Gasteiger partial charge in [-0.25, -0.2) is 0 Å². The molecule has 31 heavy (non-hydrogen) atoms. The summed E-state index contributed by atoms with van der Waals surface area (Å²) < 4.78 is 22.0. The fourth-order valence-electron chi connectivity index (χ4n) is 3.15. The molecule has 1 heterocycles. The fraction of sp³-hybridized carbons (Fsp3) is 0.120. The quantitative estimate of drug-likeness (QED) is 0.315. The monoisotopic (exact) mass is 413 g/mol. The molecule has 0 spiro atoms. The second kappa shape index (κ2) is 9.06. The van der Waals surface area contributed by atoms with Gasteiger partial charge in [0.2, 0.25) is 12.6 Å². The Balaban J connectivity index is 1.51. The van der Waals surface area contributed by atoms with Crippen LogP contribution in [-0.2, 0) is 6.61 Å². The summed E-state index contributed by atoms with van der Waals surface area (Å²) in [5, 5.41) is 9.46. The smallest absolute Gasteiger partial charge is 0.231 e. The molecule has 0 bridgehead atoms.